The molecule has 1 atom stereocenters. The van der Waals surface area contributed by atoms with E-state index in [9.17, 15) is 4.79 Å². The summed E-state index contributed by atoms with van der Waals surface area (Å²) in [6.07, 6.45) is 11.2. The van der Waals surface area contributed by atoms with E-state index in [0.717, 1.165) is 18.8 Å². The number of hydrogen-bond acceptors (Lipinski definition) is 3. The maximum atomic E-state index is 10.9. The van der Waals surface area contributed by atoms with Gasteiger partial charge in [0.05, 0.1) is 17.7 Å². The van der Waals surface area contributed by atoms with E-state index in [0.29, 0.717) is 12.4 Å². The van der Waals surface area contributed by atoms with E-state index in [1.807, 2.05) is 6.07 Å². The molecule has 0 bridgehead atoms. The van der Waals surface area contributed by atoms with Crippen LogP contribution in [0.4, 0.5) is 0 Å². The fraction of sp³-hybridized carbons (Fsp3) is 0.619. The van der Waals surface area contributed by atoms with E-state index in [1.165, 1.54) is 57.1 Å². The summed E-state index contributed by atoms with van der Waals surface area (Å²) >= 11 is 0. The van der Waals surface area contributed by atoms with Crippen molar-refractivity contribution in [2.24, 2.45) is 5.92 Å². The molecule has 4 heteroatoms. The number of aromatic carboxylic acids is 1. The molecule has 0 radical (unpaired) electrons. The lowest BCUT2D eigenvalue weighted by Crippen LogP contribution is -2.02. The molecule has 0 heterocycles. The molecule has 1 rings (SSSR count). The minimum absolute atomic E-state index is 0.109. The second-order valence-corrected chi connectivity index (χ2v) is 6.75. The first-order chi connectivity index (χ1) is 12.1. The maximum Gasteiger partial charge on any atom is 0.335 e. The van der Waals surface area contributed by atoms with Crippen LogP contribution in [0.2, 0.25) is 0 Å². The third-order valence-electron chi connectivity index (χ3n) is 4.64. The second-order valence-electron chi connectivity index (χ2n) is 6.75. The number of ether oxygens (including phenoxy) is 1. The van der Waals surface area contributed by atoms with Gasteiger partial charge >= 0.3 is 5.97 Å². The number of rotatable bonds is 13. The van der Waals surface area contributed by atoms with Crippen molar-refractivity contribution in [1.29, 1.82) is 5.26 Å². The quantitative estimate of drug-likeness (QED) is 0.458. The van der Waals surface area contributed by atoms with Crippen molar-refractivity contribution in [1.82, 2.24) is 0 Å². The predicted octanol–water partition coefficient (Wildman–Crippen LogP) is 5.80. The van der Waals surface area contributed by atoms with E-state index in [2.05, 4.69) is 13.8 Å². The highest BCUT2D eigenvalue weighted by Gasteiger charge is 2.09. The van der Waals surface area contributed by atoms with Crippen molar-refractivity contribution in [3.63, 3.8) is 0 Å². The molecule has 0 amide bonds. The largest absolute Gasteiger partial charge is 0.492 e. The molecular formula is C21H31NO3. The molecule has 0 aromatic heterocycles. The molecule has 0 fully saturated rings. The lowest BCUT2D eigenvalue weighted by Gasteiger charge is -2.09. The fourth-order valence-corrected chi connectivity index (χ4v) is 2.74. The maximum absolute atomic E-state index is 10.9. The van der Waals surface area contributed by atoms with E-state index in [1.54, 1.807) is 6.07 Å². The summed E-state index contributed by atoms with van der Waals surface area (Å²) < 4.78 is 5.63. The molecule has 0 saturated carbocycles. The molecule has 0 aliphatic carbocycles. The van der Waals surface area contributed by atoms with Crippen LogP contribution in [-0.2, 0) is 0 Å². The van der Waals surface area contributed by atoms with Crippen LogP contribution in [0.3, 0.4) is 0 Å². The Morgan fingerprint density at radius 3 is 2.40 bits per heavy atom. The van der Waals surface area contributed by atoms with E-state index >= 15 is 0 Å². The Morgan fingerprint density at radius 2 is 1.80 bits per heavy atom. The highest BCUT2D eigenvalue weighted by molar-refractivity contribution is 5.88. The van der Waals surface area contributed by atoms with Gasteiger partial charge in [-0.25, -0.2) is 4.79 Å². The number of unbranched alkanes of at least 4 members (excludes halogenated alkanes) is 6. The Labute approximate surface area is 151 Å². The number of nitrogens with zero attached hydrogens (tertiary/aromatic N) is 1. The van der Waals surface area contributed by atoms with Gasteiger partial charge in [0.1, 0.15) is 11.8 Å². The van der Waals surface area contributed by atoms with E-state index < -0.39 is 5.97 Å². The Hall–Kier alpha value is -2.02. The van der Waals surface area contributed by atoms with Gasteiger partial charge in [-0.3, -0.25) is 0 Å². The Morgan fingerprint density at radius 1 is 1.16 bits per heavy atom. The fourth-order valence-electron chi connectivity index (χ4n) is 2.74. The predicted molar refractivity (Wildman–Crippen MR) is 100 cm³/mol. The summed E-state index contributed by atoms with van der Waals surface area (Å²) in [6.45, 7) is 5.15. The monoisotopic (exact) mass is 345 g/mol. The molecule has 0 aliphatic rings. The summed E-state index contributed by atoms with van der Waals surface area (Å²) in [5.74, 6) is 0.296. The topological polar surface area (TPSA) is 70.3 Å². The normalized spacial score (nSPS) is 11.7. The first-order valence-corrected chi connectivity index (χ1v) is 9.48. The smallest absolute Gasteiger partial charge is 0.335 e. The Bertz CT molecular complexity index is 563. The summed E-state index contributed by atoms with van der Waals surface area (Å²) in [7, 11) is 0. The lowest BCUT2D eigenvalue weighted by molar-refractivity contribution is 0.0697. The van der Waals surface area contributed by atoms with Crippen molar-refractivity contribution >= 4 is 5.97 Å². The van der Waals surface area contributed by atoms with Crippen LogP contribution in [0.5, 0.6) is 5.75 Å². The minimum Gasteiger partial charge on any atom is -0.492 e. The highest BCUT2D eigenvalue weighted by atomic mass is 16.5. The molecule has 0 aliphatic heterocycles. The van der Waals surface area contributed by atoms with Gasteiger partial charge in [-0.15, -0.1) is 0 Å². The van der Waals surface area contributed by atoms with Crippen molar-refractivity contribution in [3.05, 3.63) is 29.3 Å². The van der Waals surface area contributed by atoms with Crippen LogP contribution >= 0.6 is 0 Å². The molecule has 0 spiro atoms. The second kappa shape index (κ2) is 12.4. The van der Waals surface area contributed by atoms with Gasteiger partial charge in [0.15, 0.2) is 0 Å². The molecule has 1 aromatic carbocycles. The van der Waals surface area contributed by atoms with Crippen LogP contribution in [0.1, 0.15) is 87.6 Å². The summed E-state index contributed by atoms with van der Waals surface area (Å²) in [4.78, 5) is 10.9. The molecule has 1 N–H and O–H groups in total. The number of hydrogen-bond donors (Lipinski definition) is 1. The van der Waals surface area contributed by atoms with Gasteiger partial charge in [-0.05, 0) is 30.5 Å². The number of benzene rings is 1. The van der Waals surface area contributed by atoms with Crippen molar-refractivity contribution in [2.45, 2.75) is 71.6 Å². The van der Waals surface area contributed by atoms with E-state index in [4.69, 9.17) is 15.1 Å². The third-order valence-corrected chi connectivity index (χ3v) is 4.64. The molecule has 25 heavy (non-hydrogen) atoms. The summed E-state index contributed by atoms with van der Waals surface area (Å²) in [5.41, 5.74) is 0.387. The van der Waals surface area contributed by atoms with E-state index in [-0.39, 0.29) is 11.1 Å². The van der Waals surface area contributed by atoms with Gasteiger partial charge < -0.3 is 9.84 Å². The van der Waals surface area contributed by atoms with Crippen LogP contribution in [0.15, 0.2) is 18.2 Å². The highest BCUT2D eigenvalue weighted by Crippen LogP contribution is 2.20. The van der Waals surface area contributed by atoms with Crippen LogP contribution in [-0.4, -0.2) is 17.7 Å². The van der Waals surface area contributed by atoms with Gasteiger partial charge in [0.25, 0.3) is 0 Å². The third kappa shape index (κ3) is 8.58. The lowest BCUT2D eigenvalue weighted by atomic mass is 10.00. The molecule has 1 unspecified atom stereocenters. The van der Waals surface area contributed by atoms with Crippen molar-refractivity contribution in [2.75, 3.05) is 6.61 Å². The average molecular weight is 345 g/mol. The number of carboxylic acid groups (broad SMARTS) is 1. The molecule has 1 aromatic rings. The van der Waals surface area contributed by atoms with Crippen LogP contribution < -0.4 is 4.74 Å². The number of carbonyl (C=O) groups is 1. The first-order valence-electron chi connectivity index (χ1n) is 9.48. The van der Waals surface area contributed by atoms with Crippen LogP contribution in [0.25, 0.3) is 0 Å². The van der Waals surface area contributed by atoms with Gasteiger partial charge in [0.2, 0.25) is 0 Å². The molecule has 4 nitrogen and oxygen atoms in total. The zero-order valence-electron chi connectivity index (χ0n) is 15.6. The number of carboxylic acids is 1. The van der Waals surface area contributed by atoms with Gasteiger partial charge in [0, 0.05) is 0 Å². The SMILES string of the molecule is CCC(C)CCCCCCCCCOc1ccc(C(=O)O)cc1C#N. The average Bonchev–Trinajstić information content (AvgIpc) is 2.62. The van der Waals surface area contributed by atoms with Gasteiger partial charge in [-0.2, -0.15) is 5.26 Å². The Kier molecular flexibility index (Phi) is 10.4. The van der Waals surface area contributed by atoms with Crippen molar-refractivity contribution < 1.29 is 14.6 Å². The van der Waals surface area contributed by atoms with Crippen LogP contribution in [0, 0.1) is 17.2 Å². The molecule has 0 saturated heterocycles. The first kappa shape index (κ1) is 21.0. The Balaban J connectivity index is 2.12. The zero-order chi connectivity index (χ0) is 18.5. The molecule has 138 valence electrons. The van der Waals surface area contributed by atoms with Crippen molar-refractivity contribution in [3.8, 4) is 11.8 Å². The number of nitriles is 1. The standard InChI is InChI=1S/C21H31NO3/c1-3-17(2)11-9-7-5-4-6-8-10-14-25-20-13-12-18(21(23)24)15-19(20)16-22/h12-13,15,17H,3-11,14H2,1-2H3,(H,23,24). The van der Waals surface area contributed by atoms with Gasteiger partial charge in [-0.1, -0.05) is 65.2 Å². The zero-order valence-corrected chi connectivity index (χ0v) is 15.6. The summed E-state index contributed by atoms with van der Waals surface area (Å²) in [5, 5.41) is 18.0. The molecular weight excluding hydrogens is 314 g/mol. The summed E-state index contributed by atoms with van der Waals surface area (Å²) in [6, 6.07) is 6.39. The minimum atomic E-state index is -1.03.